The molecular formula is C21H20N4O4. The van der Waals surface area contributed by atoms with Crippen LogP contribution >= 0.6 is 0 Å². The summed E-state index contributed by atoms with van der Waals surface area (Å²) in [7, 11) is 1.59. The molecule has 1 aliphatic heterocycles. The molecule has 0 bridgehead atoms. The van der Waals surface area contributed by atoms with Gasteiger partial charge in [-0.1, -0.05) is 35.4 Å². The Morgan fingerprint density at radius 1 is 1.17 bits per heavy atom. The number of aromatic nitrogens is 2. The van der Waals surface area contributed by atoms with E-state index in [0.717, 1.165) is 17.0 Å². The molecule has 0 saturated carbocycles. The maximum atomic E-state index is 12.3. The first-order chi connectivity index (χ1) is 14.1. The first-order valence-corrected chi connectivity index (χ1v) is 9.24. The molecule has 2 aromatic carbocycles. The standard InChI is InChI=1S/C21H20N4O4/c1-28-17-9-7-14(8-10-17)11-18(26)22-21-24-23-20(29-21)15-12-19(27)25(13-15)16-5-3-2-4-6-16/h2-10,15H,11-13H2,1H3,(H,22,24,26)/t15-/m0/s1. The van der Waals surface area contributed by atoms with E-state index >= 15 is 0 Å². The Hall–Kier alpha value is -3.68. The summed E-state index contributed by atoms with van der Waals surface area (Å²) < 4.78 is 10.7. The molecule has 1 aliphatic rings. The van der Waals surface area contributed by atoms with Crippen LogP contribution in [0.1, 0.15) is 23.8 Å². The molecule has 29 heavy (non-hydrogen) atoms. The fourth-order valence-corrected chi connectivity index (χ4v) is 3.27. The van der Waals surface area contributed by atoms with Crippen LogP contribution < -0.4 is 15.0 Å². The molecule has 8 nitrogen and oxygen atoms in total. The number of amides is 2. The van der Waals surface area contributed by atoms with Gasteiger partial charge in [-0.05, 0) is 29.8 Å². The van der Waals surface area contributed by atoms with Crippen LogP contribution in [0.5, 0.6) is 5.75 Å². The Labute approximate surface area is 167 Å². The lowest BCUT2D eigenvalue weighted by Crippen LogP contribution is -2.24. The summed E-state index contributed by atoms with van der Waals surface area (Å²) in [5.41, 5.74) is 1.68. The quantitative estimate of drug-likeness (QED) is 0.693. The van der Waals surface area contributed by atoms with Crippen LogP contribution in [0, 0.1) is 0 Å². The van der Waals surface area contributed by atoms with Crippen molar-refractivity contribution in [1.29, 1.82) is 0 Å². The highest BCUT2D eigenvalue weighted by molar-refractivity contribution is 5.96. The molecule has 1 saturated heterocycles. The zero-order valence-corrected chi connectivity index (χ0v) is 15.9. The second-order valence-electron chi connectivity index (χ2n) is 6.76. The van der Waals surface area contributed by atoms with E-state index in [2.05, 4.69) is 15.5 Å². The SMILES string of the molecule is COc1ccc(CC(=O)Nc2nnc([C@H]3CC(=O)N(c4ccccc4)C3)o2)cc1. The Bertz CT molecular complexity index is 1000. The van der Waals surface area contributed by atoms with Gasteiger partial charge < -0.3 is 14.1 Å². The summed E-state index contributed by atoms with van der Waals surface area (Å²) in [5.74, 6) is 0.605. The van der Waals surface area contributed by atoms with Gasteiger partial charge in [-0.25, -0.2) is 0 Å². The summed E-state index contributed by atoms with van der Waals surface area (Å²) in [6.07, 6.45) is 0.460. The molecule has 3 aromatic rings. The number of carbonyl (C=O) groups is 2. The van der Waals surface area contributed by atoms with Gasteiger partial charge in [-0.15, -0.1) is 5.10 Å². The van der Waals surface area contributed by atoms with Crippen molar-refractivity contribution >= 4 is 23.5 Å². The Kier molecular flexibility index (Phi) is 5.24. The molecule has 0 radical (unpaired) electrons. The lowest BCUT2D eigenvalue weighted by atomic mass is 10.1. The minimum Gasteiger partial charge on any atom is -0.497 e. The second kappa shape index (κ2) is 8.14. The van der Waals surface area contributed by atoms with Crippen LogP contribution in [0.2, 0.25) is 0 Å². The largest absolute Gasteiger partial charge is 0.497 e. The van der Waals surface area contributed by atoms with E-state index in [-0.39, 0.29) is 36.6 Å². The first kappa shape index (κ1) is 18.7. The number of hydrogen-bond donors (Lipinski definition) is 1. The highest BCUT2D eigenvalue weighted by atomic mass is 16.5. The number of hydrogen-bond acceptors (Lipinski definition) is 6. The summed E-state index contributed by atoms with van der Waals surface area (Å²) in [6.45, 7) is 0.463. The van der Waals surface area contributed by atoms with E-state index in [1.165, 1.54) is 0 Å². The number of ether oxygens (including phenoxy) is 1. The maximum Gasteiger partial charge on any atom is 0.322 e. The number of methoxy groups -OCH3 is 1. The number of para-hydroxylation sites is 1. The average Bonchev–Trinajstić information content (AvgIpc) is 3.35. The number of benzene rings is 2. The predicted molar refractivity (Wildman–Crippen MR) is 106 cm³/mol. The lowest BCUT2D eigenvalue weighted by Gasteiger charge is -2.15. The molecule has 0 unspecified atom stereocenters. The maximum absolute atomic E-state index is 12.3. The molecule has 4 rings (SSSR count). The van der Waals surface area contributed by atoms with E-state index < -0.39 is 0 Å². The molecular weight excluding hydrogens is 372 g/mol. The van der Waals surface area contributed by atoms with Crippen molar-refractivity contribution < 1.29 is 18.7 Å². The smallest absolute Gasteiger partial charge is 0.322 e. The topological polar surface area (TPSA) is 97.6 Å². The van der Waals surface area contributed by atoms with Crippen LogP contribution in [0.15, 0.2) is 59.0 Å². The van der Waals surface area contributed by atoms with Crippen molar-refractivity contribution in [3.05, 3.63) is 66.1 Å². The van der Waals surface area contributed by atoms with Crippen LogP contribution in [-0.2, 0) is 16.0 Å². The van der Waals surface area contributed by atoms with Gasteiger partial charge in [-0.2, -0.15) is 0 Å². The van der Waals surface area contributed by atoms with Gasteiger partial charge in [0.05, 0.1) is 19.4 Å². The van der Waals surface area contributed by atoms with Gasteiger partial charge in [0.2, 0.25) is 17.7 Å². The normalized spacial score (nSPS) is 16.1. The molecule has 2 heterocycles. The van der Waals surface area contributed by atoms with Gasteiger partial charge >= 0.3 is 6.01 Å². The number of nitrogens with one attached hydrogen (secondary N) is 1. The monoisotopic (exact) mass is 392 g/mol. The fraction of sp³-hybridized carbons (Fsp3) is 0.238. The predicted octanol–water partition coefficient (Wildman–Crippen LogP) is 2.78. The molecule has 1 fully saturated rings. The van der Waals surface area contributed by atoms with Crippen molar-refractivity contribution in [2.24, 2.45) is 0 Å². The van der Waals surface area contributed by atoms with E-state index in [1.807, 2.05) is 42.5 Å². The van der Waals surface area contributed by atoms with Crippen LogP contribution in [0.4, 0.5) is 11.7 Å². The molecule has 1 atom stereocenters. The van der Waals surface area contributed by atoms with Crippen LogP contribution in [0.25, 0.3) is 0 Å². The van der Waals surface area contributed by atoms with E-state index in [0.29, 0.717) is 12.4 Å². The second-order valence-corrected chi connectivity index (χ2v) is 6.76. The van der Waals surface area contributed by atoms with E-state index in [4.69, 9.17) is 9.15 Å². The Balaban J connectivity index is 1.37. The van der Waals surface area contributed by atoms with Gasteiger partial charge in [0.15, 0.2) is 0 Å². The summed E-state index contributed by atoms with van der Waals surface area (Å²) in [5, 5.41) is 10.5. The fourth-order valence-electron chi connectivity index (χ4n) is 3.27. The zero-order valence-electron chi connectivity index (χ0n) is 15.9. The van der Waals surface area contributed by atoms with Crippen LogP contribution in [0.3, 0.4) is 0 Å². The molecule has 8 heteroatoms. The summed E-state index contributed by atoms with van der Waals surface area (Å²) in [4.78, 5) is 26.3. The lowest BCUT2D eigenvalue weighted by molar-refractivity contribution is -0.117. The number of rotatable bonds is 6. The molecule has 1 aromatic heterocycles. The summed E-state index contributed by atoms with van der Waals surface area (Å²) >= 11 is 0. The molecule has 1 N–H and O–H groups in total. The molecule has 2 amide bonds. The van der Waals surface area contributed by atoms with Crippen LogP contribution in [-0.4, -0.2) is 35.7 Å². The average molecular weight is 392 g/mol. The third-order valence-corrected chi connectivity index (χ3v) is 4.75. The third kappa shape index (κ3) is 4.26. The highest BCUT2D eigenvalue weighted by Crippen LogP contribution is 2.31. The first-order valence-electron chi connectivity index (χ1n) is 9.24. The minimum atomic E-state index is -0.265. The van der Waals surface area contributed by atoms with Gasteiger partial charge in [0.1, 0.15) is 5.75 Å². The van der Waals surface area contributed by atoms with E-state index in [9.17, 15) is 9.59 Å². The van der Waals surface area contributed by atoms with Crippen molar-refractivity contribution in [2.75, 3.05) is 23.9 Å². The number of carbonyl (C=O) groups excluding carboxylic acids is 2. The van der Waals surface area contributed by atoms with Crippen molar-refractivity contribution in [1.82, 2.24) is 10.2 Å². The zero-order chi connectivity index (χ0) is 20.2. The summed E-state index contributed by atoms with van der Waals surface area (Å²) in [6, 6.07) is 16.7. The minimum absolute atomic E-state index is 0.00416. The van der Waals surface area contributed by atoms with Crippen molar-refractivity contribution in [3.63, 3.8) is 0 Å². The molecule has 0 aliphatic carbocycles. The molecule has 0 spiro atoms. The van der Waals surface area contributed by atoms with Crippen molar-refractivity contribution in [2.45, 2.75) is 18.8 Å². The third-order valence-electron chi connectivity index (χ3n) is 4.75. The van der Waals surface area contributed by atoms with Gasteiger partial charge in [-0.3, -0.25) is 14.9 Å². The Morgan fingerprint density at radius 3 is 2.66 bits per heavy atom. The highest BCUT2D eigenvalue weighted by Gasteiger charge is 2.35. The van der Waals surface area contributed by atoms with Gasteiger partial charge in [0, 0.05) is 18.7 Å². The Morgan fingerprint density at radius 2 is 1.93 bits per heavy atom. The van der Waals surface area contributed by atoms with Crippen molar-refractivity contribution in [3.8, 4) is 5.75 Å². The molecule has 148 valence electrons. The number of nitrogens with zero attached hydrogens (tertiary/aromatic N) is 3. The number of anilines is 2. The van der Waals surface area contributed by atoms with Gasteiger partial charge in [0.25, 0.3) is 0 Å². The van der Waals surface area contributed by atoms with E-state index in [1.54, 1.807) is 24.1 Å².